The molecule has 1 fully saturated rings. The average molecular weight is 490 g/mol. The van der Waals surface area contributed by atoms with Crippen LogP contribution < -0.4 is 10.2 Å². The second-order valence-corrected chi connectivity index (χ2v) is 9.85. The van der Waals surface area contributed by atoms with Crippen molar-refractivity contribution in [2.45, 2.75) is 50.8 Å². The molecule has 0 unspecified atom stereocenters. The smallest absolute Gasteiger partial charge is 0.261 e. The summed E-state index contributed by atoms with van der Waals surface area (Å²) < 4.78 is 0. The third-order valence-corrected chi connectivity index (χ3v) is 7.66. The van der Waals surface area contributed by atoms with Gasteiger partial charge in [0.1, 0.15) is 0 Å². The van der Waals surface area contributed by atoms with Gasteiger partial charge >= 0.3 is 0 Å². The normalized spacial score (nSPS) is 24.1. The van der Waals surface area contributed by atoms with Crippen LogP contribution in [0.1, 0.15) is 42.9 Å². The molecule has 8 nitrogen and oxygen atoms in total. The lowest BCUT2D eigenvalue weighted by Crippen LogP contribution is -2.46. The van der Waals surface area contributed by atoms with E-state index in [4.69, 9.17) is 0 Å². The summed E-state index contributed by atoms with van der Waals surface area (Å²) in [6.45, 7) is 2.68. The van der Waals surface area contributed by atoms with E-state index in [-0.39, 0.29) is 30.9 Å². The molecular weight excluding hydrogens is 458 g/mol. The molecule has 0 bridgehead atoms. The lowest BCUT2D eigenvalue weighted by molar-refractivity contribution is -0.137. The van der Waals surface area contributed by atoms with Gasteiger partial charge in [0, 0.05) is 48.8 Å². The Morgan fingerprint density at radius 2 is 2.00 bits per heavy atom. The Balaban J connectivity index is 1.31. The highest BCUT2D eigenvalue weighted by molar-refractivity contribution is 6.06. The van der Waals surface area contributed by atoms with Gasteiger partial charge in [0.25, 0.3) is 5.91 Å². The Hall–Kier alpha value is -3.49. The van der Waals surface area contributed by atoms with E-state index < -0.39 is 17.4 Å². The molecule has 0 aliphatic carbocycles. The zero-order valence-corrected chi connectivity index (χ0v) is 20.3. The van der Waals surface area contributed by atoms with Crippen LogP contribution in [0, 0.1) is 5.92 Å². The summed E-state index contributed by atoms with van der Waals surface area (Å²) in [5.74, 6) is -1.24. The summed E-state index contributed by atoms with van der Waals surface area (Å²) in [7, 11) is 0. The van der Waals surface area contributed by atoms with Crippen molar-refractivity contribution in [2.24, 2.45) is 5.92 Å². The number of nitrogens with one attached hydrogen (secondary N) is 1. The van der Waals surface area contributed by atoms with Gasteiger partial charge in [-0.2, -0.15) is 0 Å². The van der Waals surface area contributed by atoms with E-state index in [0.717, 1.165) is 17.5 Å². The van der Waals surface area contributed by atoms with Crippen molar-refractivity contribution < 1.29 is 24.6 Å². The molecule has 3 amide bonds. The van der Waals surface area contributed by atoms with Crippen LogP contribution in [-0.2, 0) is 33.0 Å². The van der Waals surface area contributed by atoms with Crippen molar-refractivity contribution in [2.75, 3.05) is 23.4 Å². The second-order valence-electron chi connectivity index (χ2n) is 9.85. The number of anilines is 2. The molecule has 3 aliphatic rings. The van der Waals surface area contributed by atoms with E-state index >= 15 is 0 Å². The lowest BCUT2D eigenvalue weighted by atomic mass is 9.82. The first-order valence-electron chi connectivity index (χ1n) is 12.5. The summed E-state index contributed by atoms with van der Waals surface area (Å²) in [5.41, 5.74) is 2.03. The van der Waals surface area contributed by atoms with Gasteiger partial charge in [-0.25, -0.2) is 0 Å². The van der Waals surface area contributed by atoms with Crippen molar-refractivity contribution in [1.82, 2.24) is 4.90 Å². The van der Waals surface area contributed by atoms with Crippen molar-refractivity contribution in [3.05, 3.63) is 71.3 Å². The largest absolute Gasteiger partial charge is 0.394 e. The van der Waals surface area contributed by atoms with Gasteiger partial charge in [-0.1, -0.05) is 43.3 Å². The second kappa shape index (κ2) is 9.52. The van der Waals surface area contributed by atoms with E-state index in [1.807, 2.05) is 24.3 Å². The van der Waals surface area contributed by atoms with Gasteiger partial charge in [0.2, 0.25) is 11.8 Å². The number of hydrogen-bond donors (Lipinski definition) is 3. The summed E-state index contributed by atoms with van der Waals surface area (Å²) in [5, 5.41) is 24.1. The minimum Gasteiger partial charge on any atom is -0.394 e. The average Bonchev–Trinajstić information content (AvgIpc) is 3.43. The fourth-order valence-corrected chi connectivity index (χ4v) is 5.51. The molecule has 3 N–H and O–H groups in total. The predicted molar refractivity (Wildman–Crippen MR) is 135 cm³/mol. The minimum absolute atomic E-state index is 0.0312. The molecule has 0 radical (unpaired) electrons. The van der Waals surface area contributed by atoms with E-state index in [1.54, 1.807) is 47.1 Å². The van der Waals surface area contributed by atoms with Crippen LogP contribution in [0.25, 0.3) is 0 Å². The third-order valence-electron chi connectivity index (χ3n) is 7.66. The van der Waals surface area contributed by atoms with Gasteiger partial charge in [-0.15, -0.1) is 0 Å². The molecule has 2 aromatic rings. The van der Waals surface area contributed by atoms with E-state index in [0.29, 0.717) is 42.9 Å². The van der Waals surface area contributed by atoms with Crippen LogP contribution in [0.15, 0.2) is 54.6 Å². The molecule has 3 aliphatic heterocycles. The summed E-state index contributed by atoms with van der Waals surface area (Å²) in [4.78, 5) is 41.5. The third kappa shape index (κ3) is 4.10. The van der Waals surface area contributed by atoms with Gasteiger partial charge in [-0.05, 0) is 42.2 Å². The molecule has 0 saturated carbocycles. The number of hydrogen-bond acceptors (Lipinski definition) is 5. The Labute approximate surface area is 210 Å². The molecule has 0 aromatic heterocycles. The topological polar surface area (TPSA) is 110 Å². The lowest BCUT2D eigenvalue weighted by Gasteiger charge is -2.36. The van der Waals surface area contributed by atoms with Crippen LogP contribution >= 0.6 is 0 Å². The Morgan fingerprint density at radius 3 is 2.72 bits per heavy atom. The molecule has 1 saturated heterocycles. The first-order valence-corrected chi connectivity index (χ1v) is 12.5. The monoisotopic (exact) mass is 489 g/mol. The van der Waals surface area contributed by atoms with Crippen LogP contribution in [-0.4, -0.2) is 52.0 Å². The number of amides is 3. The maximum Gasteiger partial charge on any atom is 0.261 e. The first kappa shape index (κ1) is 24.2. The van der Waals surface area contributed by atoms with Crippen LogP contribution in [0.3, 0.4) is 0 Å². The Bertz CT molecular complexity index is 1240. The van der Waals surface area contributed by atoms with E-state index in [2.05, 4.69) is 5.32 Å². The Morgan fingerprint density at radius 1 is 1.22 bits per heavy atom. The maximum atomic E-state index is 13.0. The number of carbonyl (C=O) groups is 3. The fourth-order valence-electron chi connectivity index (χ4n) is 5.51. The zero-order chi connectivity index (χ0) is 25.4. The van der Waals surface area contributed by atoms with Crippen LogP contribution in [0.4, 0.5) is 11.4 Å². The van der Waals surface area contributed by atoms with Gasteiger partial charge in [0.05, 0.1) is 12.6 Å². The summed E-state index contributed by atoms with van der Waals surface area (Å²) >= 11 is 0. The SMILES string of the molecule is C[C@H](/C=C/CC(=O)N1Cc2ccccc2C[C@H]1CO)[C@@]1(O)C(=O)Nc2ccc(N3CCCC3=O)cc21. The number of fused-ring (bicyclic) bond motifs is 2. The molecule has 188 valence electrons. The maximum absolute atomic E-state index is 13.0. The highest BCUT2D eigenvalue weighted by Gasteiger charge is 2.49. The van der Waals surface area contributed by atoms with Crippen molar-refractivity contribution in [3.63, 3.8) is 0 Å². The first-order chi connectivity index (χ1) is 17.3. The number of rotatable bonds is 6. The number of carbonyl (C=O) groups excluding carboxylic acids is 3. The molecule has 3 heterocycles. The van der Waals surface area contributed by atoms with Crippen molar-refractivity contribution in [1.29, 1.82) is 0 Å². The highest BCUT2D eigenvalue weighted by Crippen LogP contribution is 2.43. The van der Waals surface area contributed by atoms with Gasteiger partial charge in [-0.3, -0.25) is 14.4 Å². The highest BCUT2D eigenvalue weighted by atomic mass is 16.3. The molecule has 5 rings (SSSR count). The molecule has 3 atom stereocenters. The molecule has 0 spiro atoms. The molecule has 2 aromatic carbocycles. The van der Waals surface area contributed by atoms with E-state index in [1.165, 1.54) is 0 Å². The molecule has 8 heteroatoms. The Kier molecular flexibility index (Phi) is 6.40. The van der Waals surface area contributed by atoms with Gasteiger partial charge < -0.3 is 25.3 Å². The molecule has 36 heavy (non-hydrogen) atoms. The van der Waals surface area contributed by atoms with Crippen molar-refractivity contribution >= 4 is 29.1 Å². The van der Waals surface area contributed by atoms with Crippen LogP contribution in [0.2, 0.25) is 0 Å². The van der Waals surface area contributed by atoms with Gasteiger partial charge in [0.15, 0.2) is 5.60 Å². The zero-order valence-electron chi connectivity index (χ0n) is 20.3. The predicted octanol–water partition coefficient (Wildman–Crippen LogP) is 2.48. The van der Waals surface area contributed by atoms with E-state index in [9.17, 15) is 24.6 Å². The van der Waals surface area contributed by atoms with Crippen molar-refractivity contribution in [3.8, 4) is 0 Å². The van der Waals surface area contributed by atoms with Crippen LogP contribution in [0.5, 0.6) is 0 Å². The number of benzene rings is 2. The molecular formula is C28H31N3O5. The standard InChI is InChI=1S/C28H31N3O5/c1-18(6-4-9-26(34)31-16-20-8-3-2-7-19(20)14-22(31)17-32)28(36)23-15-21(30-13-5-10-25(30)33)11-12-24(23)29-27(28)35/h2-4,6-8,11-12,15,18,22,32,36H,5,9-10,13-14,16-17H2,1H3,(H,29,35)/b6-4+/t18-,22+,28+/m1/s1. The number of aliphatic hydroxyl groups excluding tert-OH is 1. The summed E-state index contributed by atoms with van der Waals surface area (Å²) in [6.07, 6.45) is 5.34. The minimum atomic E-state index is -1.81. The quantitative estimate of drug-likeness (QED) is 0.540. The fraction of sp³-hybridized carbons (Fsp3) is 0.393. The summed E-state index contributed by atoms with van der Waals surface area (Å²) in [6, 6.07) is 12.9. The number of aliphatic hydroxyl groups is 2. The number of nitrogens with zero attached hydrogens (tertiary/aromatic N) is 2.